The molecular formula is C22H21O2P. The fraction of sp³-hybridized carbons (Fsp3) is 0.136. The molecular weight excluding hydrogens is 327 g/mol. The number of carbonyl (C=O) groups excluding carboxylic acids is 1. The zero-order valence-electron chi connectivity index (χ0n) is 14.5. The van der Waals surface area contributed by atoms with Crippen molar-refractivity contribution in [2.24, 2.45) is 0 Å². The largest absolute Gasteiger partial charge is 0.313 e. The van der Waals surface area contributed by atoms with Gasteiger partial charge in [-0.15, -0.1) is 0 Å². The van der Waals surface area contributed by atoms with Crippen molar-refractivity contribution in [3.8, 4) is 0 Å². The standard InChI is InChI=1S/C22H21O2P/c1-17-8-12-20(13-9-17)25(24,21-14-10-18(2)11-15-21)16-22(23)19-6-4-3-5-7-19/h3-15H,16H2,1-2H3. The Morgan fingerprint density at radius 1 is 0.720 bits per heavy atom. The van der Waals surface area contributed by atoms with Gasteiger partial charge in [0.2, 0.25) is 0 Å². The van der Waals surface area contributed by atoms with Crippen LogP contribution in [0.1, 0.15) is 21.5 Å². The summed E-state index contributed by atoms with van der Waals surface area (Å²) in [4.78, 5) is 12.8. The predicted octanol–water partition coefficient (Wildman–Crippen LogP) is 4.50. The van der Waals surface area contributed by atoms with Gasteiger partial charge in [0, 0.05) is 16.2 Å². The molecule has 0 unspecified atom stereocenters. The lowest BCUT2D eigenvalue weighted by Gasteiger charge is -2.19. The molecule has 126 valence electrons. The maximum Gasteiger partial charge on any atom is 0.170 e. The zero-order valence-corrected chi connectivity index (χ0v) is 15.4. The maximum absolute atomic E-state index is 14.0. The van der Waals surface area contributed by atoms with E-state index >= 15 is 0 Å². The number of ketones is 1. The van der Waals surface area contributed by atoms with Crippen molar-refractivity contribution in [1.29, 1.82) is 0 Å². The fourth-order valence-corrected chi connectivity index (χ4v) is 5.33. The molecule has 0 saturated heterocycles. The lowest BCUT2D eigenvalue weighted by molar-refractivity contribution is 0.102. The van der Waals surface area contributed by atoms with E-state index < -0.39 is 7.14 Å². The molecule has 0 atom stereocenters. The molecule has 25 heavy (non-hydrogen) atoms. The third-order valence-corrected chi connectivity index (χ3v) is 7.36. The quantitative estimate of drug-likeness (QED) is 0.502. The second kappa shape index (κ2) is 7.21. The minimum absolute atomic E-state index is 0.00311. The first-order chi connectivity index (χ1) is 12.0. The van der Waals surface area contributed by atoms with Crippen molar-refractivity contribution in [2.75, 3.05) is 6.16 Å². The maximum atomic E-state index is 14.0. The Labute approximate surface area is 148 Å². The molecule has 0 bridgehead atoms. The summed E-state index contributed by atoms with van der Waals surface area (Å²) in [6.07, 6.45) is 0.00311. The van der Waals surface area contributed by atoms with Gasteiger partial charge < -0.3 is 4.57 Å². The topological polar surface area (TPSA) is 34.1 Å². The summed E-state index contributed by atoms with van der Waals surface area (Å²) in [6, 6.07) is 24.4. The monoisotopic (exact) mass is 348 g/mol. The van der Waals surface area contributed by atoms with Crippen LogP contribution in [0.25, 0.3) is 0 Å². The first-order valence-corrected chi connectivity index (χ1v) is 10.2. The Morgan fingerprint density at radius 3 is 1.60 bits per heavy atom. The van der Waals surface area contributed by atoms with E-state index in [2.05, 4.69) is 0 Å². The van der Waals surface area contributed by atoms with E-state index in [4.69, 9.17) is 0 Å². The number of aryl methyl sites for hydroxylation is 2. The van der Waals surface area contributed by atoms with Crippen molar-refractivity contribution in [2.45, 2.75) is 13.8 Å². The van der Waals surface area contributed by atoms with Crippen molar-refractivity contribution in [3.63, 3.8) is 0 Å². The molecule has 3 heteroatoms. The lowest BCUT2D eigenvalue weighted by atomic mass is 10.2. The molecule has 2 nitrogen and oxygen atoms in total. The van der Waals surface area contributed by atoms with E-state index in [9.17, 15) is 9.36 Å². The third kappa shape index (κ3) is 3.81. The second-order valence-electron chi connectivity index (χ2n) is 6.36. The summed E-state index contributed by atoms with van der Waals surface area (Å²) >= 11 is 0. The Morgan fingerprint density at radius 2 is 1.16 bits per heavy atom. The van der Waals surface area contributed by atoms with Gasteiger partial charge in [0.25, 0.3) is 0 Å². The van der Waals surface area contributed by atoms with Crippen LogP contribution < -0.4 is 10.6 Å². The van der Waals surface area contributed by atoms with Gasteiger partial charge in [-0.3, -0.25) is 4.79 Å². The van der Waals surface area contributed by atoms with Gasteiger partial charge in [0.05, 0.1) is 6.16 Å². The molecule has 0 radical (unpaired) electrons. The van der Waals surface area contributed by atoms with Gasteiger partial charge in [0.1, 0.15) is 0 Å². The fourth-order valence-electron chi connectivity index (χ4n) is 2.82. The van der Waals surface area contributed by atoms with Crippen LogP contribution in [0.4, 0.5) is 0 Å². The van der Waals surface area contributed by atoms with E-state index in [0.29, 0.717) is 5.56 Å². The Hall–Kier alpha value is -2.44. The molecule has 0 saturated carbocycles. The Balaban J connectivity index is 2.05. The summed E-state index contributed by atoms with van der Waals surface area (Å²) in [5, 5.41) is 1.46. The van der Waals surface area contributed by atoms with Gasteiger partial charge in [-0.05, 0) is 13.8 Å². The minimum atomic E-state index is -3.03. The molecule has 0 aliphatic rings. The number of hydrogen-bond donors (Lipinski definition) is 0. The average molecular weight is 348 g/mol. The van der Waals surface area contributed by atoms with Gasteiger partial charge in [-0.1, -0.05) is 90.0 Å². The van der Waals surface area contributed by atoms with Crippen LogP contribution in [0.5, 0.6) is 0 Å². The van der Waals surface area contributed by atoms with Crippen LogP contribution in [-0.2, 0) is 4.57 Å². The van der Waals surface area contributed by atoms with Crippen LogP contribution in [-0.4, -0.2) is 11.9 Å². The number of hydrogen-bond acceptors (Lipinski definition) is 2. The Bertz CT molecular complexity index is 861. The Kier molecular flexibility index (Phi) is 5.01. The third-order valence-electron chi connectivity index (χ3n) is 4.36. The molecule has 0 N–H and O–H groups in total. The lowest BCUT2D eigenvalue weighted by Crippen LogP contribution is -2.22. The molecule has 0 aromatic heterocycles. The van der Waals surface area contributed by atoms with E-state index in [1.54, 1.807) is 12.1 Å². The summed E-state index contributed by atoms with van der Waals surface area (Å²) in [5.41, 5.74) is 2.81. The van der Waals surface area contributed by atoms with Crippen LogP contribution in [0, 0.1) is 13.8 Å². The predicted molar refractivity (Wildman–Crippen MR) is 105 cm³/mol. The highest BCUT2D eigenvalue weighted by atomic mass is 31.2. The highest BCUT2D eigenvalue weighted by molar-refractivity contribution is 7.79. The molecule has 0 aliphatic heterocycles. The van der Waals surface area contributed by atoms with Crippen molar-refractivity contribution in [1.82, 2.24) is 0 Å². The molecule has 3 aromatic carbocycles. The van der Waals surface area contributed by atoms with Gasteiger partial charge >= 0.3 is 0 Å². The van der Waals surface area contributed by atoms with Crippen LogP contribution in [0.15, 0.2) is 78.9 Å². The first-order valence-electron chi connectivity index (χ1n) is 8.31. The molecule has 0 spiro atoms. The molecule has 0 fully saturated rings. The van der Waals surface area contributed by atoms with Crippen molar-refractivity contribution in [3.05, 3.63) is 95.6 Å². The van der Waals surface area contributed by atoms with E-state index in [1.165, 1.54) is 0 Å². The minimum Gasteiger partial charge on any atom is -0.313 e. The summed E-state index contributed by atoms with van der Waals surface area (Å²) in [5.74, 6) is -0.0925. The molecule has 0 aliphatic carbocycles. The van der Waals surface area contributed by atoms with E-state index in [1.807, 2.05) is 80.6 Å². The smallest absolute Gasteiger partial charge is 0.170 e. The van der Waals surface area contributed by atoms with Crippen LogP contribution >= 0.6 is 7.14 Å². The summed E-state index contributed by atoms with van der Waals surface area (Å²) in [6.45, 7) is 3.99. The highest BCUT2D eigenvalue weighted by Crippen LogP contribution is 2.43. The molecule has 3 rings (SSSR count). The number of carbonyl (C=O) groups is 1. The number of Topliss-reactive ketones (excluding diaryl/α,β-unsaturated/α-hetero) is 1. The second-order valence-corrected chi connectivity index (χ2v) is 9.19. The van der Waals surface area contributed by atoms with Crippen LogP contribution in [0.2, 0.25) is 0 Å². The average Bonchev–Trinajstić information content (AvgIpc) is 2.63. The highest BCUT2D eigenvalue weighted by Gasteiger charge is 2.30. The normalized spacial score (nSPS) is 11.3. The zero-order chi connectivity index (χ0) is 17.9. The first kappa shape index (κ1) is 17.4. The van der Waals surface area contributed by atoms with Crippen molar-refractivity contribution >= 4 is 23.5 Å². The summed E-state index contributed by atoms with van der Waals surface area (Å²) < 4.78 is 14.0. The van der Waals surface area contributed by atoms with Gasteiger partial charge in [-0.25, -0.2) is 0 Å². The SMILES string of the molecule is Cc1ccc(P(=O)(CC(=O)c2ccccc2)c2ccc(C)cc2)cc1. The molecule has 0 heterocycles. The van der Waals surface area contributed by atoms with Gasteiger partial charge in [-0.2, -0.15) is 0 Å². The van der Waals surface area contributed by atoms with Gasteiger partial charge in [0.15, 0.2) is 12.9 Å². The summed E-state index contributed by atoms with van der Waals surface area (Å²) in [7, 11) is -3.03. The number of benzene rings is 3. The molecule has 0 amide bonds. The number of rotatable bonds is 5. The molecule has 3 aromatic rings. The van der Waals surface area contributed by atoms with E-state index in [-0.39, 0.29) is 11.9 Å². The van der Waals surface area contributed by atoms with Crippen molar-refractivity contribution < 1.29 is 9.36 Å². The van der Waals surface area contributed by atoms with E-state index in [0.717, 1.165) is 21.7 Å². The van der Waals surface area contributed by atoms with Crippen LogP contribution in [0.3, 0.4) is 0 Å².